The smallest absolute Gasteiger partial charge is 0.338 e. The summed E-state index contributed by atoms with van der Waals surface area (Å²) in [7, 11) is 0. The van der Waals surface area contributed by atoms with Gasteiger partial charge in [-0.05, 0) is 30.3 Å². The number of nitrogens with zero attached hydrogens (tertiary/aromatic N) is 2. The Balaban J connectivity index is 1.27. The Morgan fingerprint density at radius 1 is 1.00 bits per heavy atom. The number of carbonyl (C=O) groups is 3. The van der Waals surface area contributed by atoms with Crippen LogP contribution in [0.3, 0.4) is 0 Å². The lowest BCUT2D eigenvalue weighted by atomic mass is 10.1. The van der Waals surface area contributed by atoms with Gasteiger partial charge in [0.2, 0.25) is 0 Å². The van der Waals surface area contributed by atoms with E-state index in [4.69, 9.17) is 9.15 Å². The maximum absolute atomic E-state index is 12.7. The van der Waals surface area contributed by atoms with E-state index < -0.39 is 17.8 Å². The summed E-state index contributed by atoms with van der Waals surface area (Å²) in [5, 5.41) is 2.68. The Labute approximate surface area is 186 Å². The van der Waals surface area contributed by atoms with Crippen molar-refractivity contribution in [3.63, 3.8) is 0 Å². The molecular formula is C24H16N2O5S. The Kier molecular flexibility index (Phi) is 5.12. The largest absolute Gasteiger partial charge is 0.467 e. The molecule has 0 aliphatic carbocycles. The van der Waals surface area contributed by atoms with Gasteiger partial charge in [0.25, 0.3) is 11.8 Å². The third-order valence-electron chi connectivity index (χ3n) is 5.02. The van der Waals surface area contributed by atoms with E-state index in [9.17, 15) is 14.4 Å². The number of esters is 1. The van der Waals surface area contributed by atoms with Crippen molar-refractivity contribution in [2.45, 2.75) is 13.2 Å². The van der Waals surface area contributed by atoms with Crippen molar-refractivity contribution in [2.75, 3.05) is 0 Å². The first-order valence-electron chi connectivity index (χ1n) is 9.80. The zero-order valence-electron chi connectivity index (χ0n) is 16.7. The summed E-state index contributed by atoms with van der Waals surface area (Å²) < 4.78 is 10.6. The quantitative estimate of drug-likeness (QED) is 0.320. The molecule has 8 heteroatoms. The summed E-state index contributed by atoms with van der Waals surface area (Å²) in [5.41, 5.74) is 2.26. The molecule has 0 atom stereocenters. The number of hydrogen-bond donors (Lipinski definition) is 0. The number of ether oxygens (including phenoxy) is 1. The summed E-state index contributed by atoms with van der Waals surface area (Å²) in [4.78, 5) is 43.5. The fourth-order valence-corrected chi connectivity index (χ4v) is 4.24. The molecule has 1 aliphatic rings. The van der Waals surface area contributed by atoms with E-state index in [1.165, 1.54) is 35.8 Å². The first kappa shape index (κ1) is 19.9. The molecule has 4 aromatic rings. The van der Waals surface area contributed by atoms with Gasteiger partial charge < -0.3 is 9.15 Å². The van der Waals surface area contributed by atoms with Gasteiger partial charge in [-0.3, -0.25) is 14.5 Å². The maximum Gasteiger partial charge on any atom is 0.338 e. The highest BCUT2D eigenvalue weighted by molar-refractivity contribution is 7.13. The third-order valence-corrected chi connectivity index (χ3v) is 5.96. The number of rotatable bonds is 6. The number of aromatic nitrogens is 1. The van der Waals surface area contributed by atoms with Gasteiger partial charge in [-0.15, -0.1) is 11.3 Å². The van der Waals surface area contributed by atoms with Gasteiger partial charge in [0.1, 0.15) is 17.4 Å². The molecule has 0 bridgehead atoms. The molecule has 0 saturated heterocycles. The van der Waals surface area contributed by atoms with Gasteiger partial charge in [0, 0.05) is 10.9 Å². The molecule has 5 rings (SSSR count). The minimum Gasteiger partial charge on any atom is -0.467 e. The zero-order chi connectivity index (χ0) is 22.1. The van der Waals surface area contributed by atoms with Crippen molar-refractivity contribution in [2.24, 2.45) is 0 Å². The molecule has 2 aromatic carbocycles. The summed E-state index contributed by atoms with van der Waals surface area (Å²) in [5.74, 6) is -0.982. The number of hydrogen-bond acceptors (Lipinski definition) is 7. The topological polar surface area (TPSA) is 89.7 Å². The van der Waals surface area contributed by atoms with Crippen molar-refractivity contribution in [1.82, 2.24) is 9.88 Å². The standard InChI is InChI=1S/C24H16N2O5S/c27-22-19-9-8-16(11-20(19)23(28)26(22)12-18-7-4-10-30-18)24(29)31-13-17-14-32-21(25-17)15-5-2-1-3-6-15/h1-11,14H,12-13H2. The Bertz CT molecular complexity index is 1310. The molecule has 0 spiro atoms. The normalized spacial score (nSPS) is 12.8. The van der Waals surface area contributed by atoms with E-state index in [1.54, 1.807) is 12.1 Å². The van der Waals surface area contributed by atoms with Crippen LogP contribution in [0.2, 0.25) is 0 Å². The predicted molar refractivity (Wildman–Crippen MR) is 116 cm³/mol. The van der Waals surface area contributed by atoms with Gasteiger partial charge in [-0.2, -0.15) is 0 Å². The van der Waals surface area contributed by atoms with Gasteiger partial charge >= 0.3 is 5.97 Å². The second-order valence-electron chi connectivity index (χ2n) is 7.12. The molecule has 7 nitrogen and oxygen atoms in total. The first-order chi connectivity index (χ1) is 15.6. The lowest BCUT2D eigenvalue weighted by molar-refractivity contribution is 0.0468. The van der Waals surface area contributed by atoms with Crippen molar-refractivity contribution < 1.29 is 23.5 Å². The van der Waals surface area contributed by atoms with Crippen molar-refractivity contribution in [1.29, 1.82) is 0 Å². The minimum atomic E-state index is -0.591. The number of benzene rings is 2. The van der Waals surface area contributed by atoms with Crippen LogP contribution in [-0.2, 0) is 17.9 Å². The van der Waals surface area contributed by atoms with Crippen LogP contribution in [0.5, 0.6) is 0 Å². The molecule has 0 unspecified atom stereocenters. The molecule has 1 aliphatic heterocycles. The molecule has 0 fully saturated rings. The number of furan rings is 1. The molecule has 0 saturated carbocycles. The SMILES string of the molecule is O=C(OCc1csc(-c2ccccc2)n1)c1ccc2c(c1)C(=O)N(Cc1ccco1)C2=O. The zero-order valence-corrected chi connectivity index (χ0v) is 17.5. The van der Waals surface area contributed by atoms with Gasteiger partial charge in [-0.25, -0.2) is 9.78 Å². The van der Waals surface area contributed by atoms with Crippen LogP contribution in [0.15, 0.2) is 76.7 Å². The van der Waals surface area contributed by atoms with E-state index >= 15 is 0 Å². The van der Waals surface area contributed by atoms with Crippen LogP contribution in [-0.4, -0.2) is 27.7 Å². The highest BCUT2D eigenvalue weighted by atomic mass is 32.1. The minimum absolute atomic E-state index is 0.0107. The molecule has 2 amide bonds. The monoisotopic (exact) mass is 444 g/mol. The fraction of sp³-hybridized carbons (Fsp3) is 0.0833. The van der Waals surface area contributed by atoms with E-state index in [1.807, 2.05) is 35.7 Å². The molecule has 0 N–H and O–H groups in total. The van der Waals surface area contributed by atoms with Crippen LogP contribution in [0, 0.1) is 0 Å². The Morgan fingerprint density at radius 2 is 1.81 bits per heavy atom. The molecule has 3 heterocycles. The summed E-state index contributed by atoms with van der Waals surface area (Å²) in [6.45, 7) is 0.0451. The van der Waals surface area contributed by atoms with Gasteiger partial charge in [0.15, 0.2) is 0 Å². The van der Waals surface area contributed by atoms with E-state index in [-0.39, 0.29) is 29.8 Å². The number of imide groups is 1. The predicted octanol–water partition coefficient (Wildman–Crippen LogP) is 4.56. The maximum atomic E-state index is 12.7. The van der Waals surface area contributed by atoms with E-state index in [0.29, 0.717) is 11.5 Å². The number of fused-ring (bicyclic) bond motifs is 1. The Morgan fingerprint density at radius 3 is 2.59 bits per heavy atom. The lowest BCUT2D eigenvalue weighted by Crippen LogP contribution is -2.28. The van der Waals surface area contributed by atoms with E-state index in [2.05, 4.69) is 4.98 Å². The second kappa shape index (κ2) is 8.24. The van der Waals surface area contributed by atoms with Gasteiger partial charge in [-0.1, -0.05) is 30.3 Å². The van der Waals surface area contributed by atoms with Crippen LogP contribution in [0.1, 0.15) is 42.5 Å². The molecule has 2 aromatic heterocycles. The molecule has 0 radical (unpaired) electrons. The average Bonchev–Trinajstić information content (AvgIpc) is 3.56. The van der Waals surface area contributed by atoms with Crippen LogP contribution >= 0.6 is 11.3 Å². The average molecular weight is 444 g/mol. The summed E-state index contributed by atoms with van der Waals surface area (Å²) >= 11 is 1.47. The number of thiazole rings is 1. The highest BCUT2D eigenvalue weighted by Gasteiger charge is 2.36. The summed E-state index contributed by atoms with van der Waals surface area (Å²) in [6, 6.07) is 17.5. The first-order valence-corrected chi connectivity index (χ1v) is 10.7. The van der Waals surface area contributed by atoms with Crippen molar-refractivity contribution in [3.05, 3.63) is 100 Å². The molecule has 32 heavy (non-hydrogen) atoms. The number of amides is 2. The van der Waals surface area contributed by atoms with Crippen LogP contribution in [0.4, 0.5) is 0 Å². The Hall–Kier alpha value is -4.04. The second-order valence-corrected chi connectivity index (χ2v) is 7.98. The number of carbonyl (C=O) groups excluding carboxylic acids is 3. The van der Waals surface area contributed by atoms with Crippen molar-refractivity contribution >= 4 is 29.1 Å². The highest BCUT2D eigenvalue weighted by Crippen LogP contribution is 2.27. The van der Waals surface area contributed by atoms with Crippen LogP contribution < -0.4 is 0 Å². The lowest BCUT2D eigenvalue weighted by Gasteiger charge is -2.11. The summed E-state index contributed by atoms with van der Waals surface area (Å²) in [6.07, 6.45) is 1.48. The molecule has 158 valence electrons. The van der Waals surface area contributed by atoms with Crippen molar-refractivity contribution in [3.8, 4) is 10.6 Å². The van der Waals surface area contributed by atoms with Crippen LogP contribution in [0.25, 0.3) is 10.6 Å². The third kappa shape index (κ3) is 3.72. The van der Waals surface area contributed by atoms with E-state index in [0.717, 1.165) is 15.5 Å². The molecular weight excluding hydrogens is 428 g/mol. The fourth-order valence-electron chi connectivity index (χ4n) is 3.43. The van der Waals surface area contributed by atoms with Gasteiger partial charge in [0.05, 0.1) is 35.2 Å².